The Labute approximate surface area is 110 Å². The van der Waals surface area contributed by atoms with E-state index in [1.54, 1.807) is 0 Å². The second-order valence-electron chi connectivity index (χ2n) is 4.08. The van der Waals surface area contributed by atoms with Crippen molar-refractivity contribution in [3.8, 4) is 5.75 Å². The molecule has 0 aliphatic rings. The number of pyridine rings is 1. The predicted molar refractivity (Wildman–Crippen MR) is 73.0 cm³/mol. The maximum absolute atomic E-state index is 5.75. The van der Waals surface area contributed by atoms with Crippen LogP contribution in [0.1, 0.15) is 31.7 Å². The summed E-state index contributed by atoms with van der Waals surface area (Å²) in [6, 6.07) is 3.98. The van der Waals surface area contributed by atoms with Crippen LogP contribution in [0.25, 0.3) is 0 Å². The lowest BCUT2D eigenvalue weighted by Crippen LogP contribution is -2.15. The zero-order valence-corrected chi connectivity index (χ0v) is 11.7. The summed E-state index contributed by atoms with van der Waals surface area (Å²) in [4.78, 5) is 4.51. The van der Waals surface area contributed by atoms with Gasteiger partial charge in [0, 0.05) is 31.9 Å². The molecule has 0 saturated carbocycles. The Morgan fingerprint density at radius 2 is 2.06 bits per heavy atom. The molecule has 102 valence electrons. The van der Waals surface area contributed by atoms with Crippen LogP contribution >= 0.6 is 0 Å². The van der Waals surface area contributed by atoms with Gasteiger partial charge >= 0.3 is 0 Å². The van der Waals surface area contributed by atoms with Gasteiger partial charge in [-0.1, -0.05) is 6.92 Å². The highest BCUT2D eigenvalue weighted by atomic mass is 16.5. The highest BCUT2D eigenvalue weighted by Crippen LogP contribution is 2.17. The van der Waals surface area contributed by atoms with Gasteiger partial charge in [-0.3, -0.25) is 4.98 Å². The van der Waals surface area contributed by atoms with Gasteiger partial charge in [-0.15, -0.1) is 0 Å². The molecule has 0 spiro atoms. The molecule has 0 saturated heterocycles. The average molecular weight is 252 g/mol. The Hall–Kier alpha value is -1.13. The fourth-order valence-corrected chi connectivity index (χ4v) is 1.59. The minimum absolute atomic E-state index is 0.671. The zero-order valence-electron chi connectivity index (χ0n) is 11.7. The summed E-state index contributed by atoms with van der Waals surface area (Å²) in [5, 5.41) is 3.28. The molecule has 1 heterocycles. The molecule has 1 N–H and O–H groups in total. The Morgan fingerprint density at radius 1 is 1.22 bits per heavy atom. The molecule has 0 atom stereocenters. The third-order valence-corrected chi connectivity index (χ3v) is 2.51. The quantitative estimate of drug-likeness (QED) is 0.685. The monoisotopic (exact) mass is 252 g/mol. The van der Waals surface area contributed by atoms with E-state index in [2.05, 4.69) is 17.2 Å². The van der Waals surface area contributed by atoms with E-state index in [-0.39, 0.29) is 0 Å². The minimum atomic E-state index is 0.671. The number of aromatic nitrogens is 1. The van der Waals surface area contributed by atoms with E-state index in [1.807, 2.05) is 26.0 Å². The Balaban J connectivity index is 2.47. The van der Waals surface area contributed by atoms with Crippen LogP contribution in [0.15, 0.2) is 12.1 Å². The predicted octanol–water partition coefficient (Wildman–Crippen LogP) is 2.30. The van der Waals surface area contributed by atoms with Crippen LogP contribution in [-0.4, -0.2) is 31.3 Å². The number of ether oxygens (including phenoxy) is 2. The van der Waals surface area contributed by atoms with Crippen molar-refractivity contribution in [2.75, 3.05) is 26.4 Å². The maximum atomic E-state index is 5.75. The number of nitrogens with zero attached hydrogens (tertiary/aromatic N) is 1. The van der Waals surface area contributed by atoms with Crippen molar-refractivity contribution in [1.29, 1.82) is 0 Å². The number of hydrogen-bond donors (Lipinski definition) is 1. The van der Waals surface area contributed by atoms with Crippen molar-refractivity contribution in [1.82, 2.24) is 10.3 Å². The normalized spacial score (nSPS) is 10.6. The molecule has 0 bridgehead atoms. The van der Waals surface area contributed by atoms with Crippen LogP contribution in [-0.2, 0) is 11.3 Å². The molecule has 0 aliphatic heterocycles. The molecule has 0 radical (unpaired) electrons. The van der Waals surface area contributed by atoms with Crippen LogP contribution in [0.2, 0.25) is 0 Å². The number of rotatable bonds is 9. The lowest BCUT2D eigenvalue weighted by atomic mass is 10.3. The molecular weight excluding hydrogens is 228 g/mol. The van der Waals surface area contributed by atoms with Crippen molar-refractivity contribution >= 4 is 0 Å². The summed E-state index contributed by atoms with van der Waals surface area (Å²) in [6.07, 6.45) is 0.905. The Kier molecular flexibility index (Phi) is 7.37. The molecule has 0 unspecified atom stereocenters. The van der Waals surface area contributed by atoms with Crippen molar-refractivity contribution in [3.05, 3.63) is 23.5 Å². The minimum Gasteiger partial charge on any atom is -0.492 e. The highest BCUT2D eigenvalue weighted by Gasteiger charge is 2.05. The lowest BCUT2D eigenvalue weighted by Gasteiger charge is -2.11. The van der Waals surface area contributed by atoms with Crippen molar-refractivity contribution in [3.63, 3.8) is 0 Å². The van der Waals surface area contributed by atoms with Gasteiger partial charge in [-0.2, -0.15) is 0 Å². The first kappa shape index (κ1) is 14.9. The molecule has 1 aromatic heterocycles. The Bertz CT molecular complexity index is 343. The molecule has 18 heavy (non-hydrogen) atoms. The van der Waals surface area contributed by atoms with Gasteiger partial charge in [0.05, 0.1) is 12.3 Å². The van der Waals surface area contributed by atoms with Crippen LogP contribution in [0.5, 0.6) is 5.75 Å². The smallest absolute Gasteiger partial charge is 0.142 e. The van der Waals surface area contributed by atoms with Gasteiger partial charge in [0.15, 0.2) is 0 Å². The van der Waals surface area contributed by atoms with E-state index in [4.69, 9.17) is 9.47 Å². The first-order valence-electron chi connectivity index (χ1n) is 6.65. The van der Waals surface area contributed by atoms with Crippen LogP contribution in [0.3, 0.4) is 0 Å². The highest BCUT2D eigenvalue weighted by molar-refractivity contribution is 5.29. The molecule has 1 aromatic rings. The zero-order chi connectivity index (χ0) is 13.2. The summed E-state index contributed by atoms with van der Waals surface area (Å²) in [6.45, 7) is 9.93. The van der Waals surface area contributed by atoms with Crippen molar-refractivity contribution < 1.29 is 9.47 Å². The SMILES string of the molecule is CCNCc1nc(C)ccc1OCCCOCC. The number of hydrogen-bond acceptors (Lipinski definition) is 4. The third kappa shape index (κ3) is 5.47. The van der Waals surface area contributed by atoms with Gasteiger partial charge in [-0.05, 0) is 32.5 Å². The van der Waals surface area contributed by atoms with E-state index in [0.717, 1.165) is 49.9 Å². The van der Waals surface area contributed by atoms with Gasteiger partial charge in [0.1, 0.15) is 5.75 Å². The van der Waals surface area contributed by atoms with Crippen molar-refractivity contribution in [2.24, 2.45) is 0 Å². The van der Waals surface area contributed by atoms with Crippen LogP contribution in [0.4, 0.5) is 0 Å². The molecule has 0 fully saturated rings. The number of aryl methyl sites for hydroxylation is 1. The molecule has 4 nitrogen and oxygen atoms in total. The fraction of sp³-hybridized carbons (Fsp3) is 0.643. The van der Waals surface area contributed by atoms with Gasteiger partial charge < -0.3 is 14.8 Å². The molecule has 1 rings (SSSR count). The standard InChI is InChI=1S/C14H24N2O2/c1-4-15-11-13-14(8-7-12(3)16-13)18-10-6-9-17-5-2/h7-8,15H,4-6,9-11H2,1-3H3. The largest absolute Gasteiger partial charge is 0.492 e. The van der Waals surface area contributed by atoms with Gasteiger partial charge in [0.25, 0.3) is 0 Å². The fourth-order valence-electron chi connectivity index (χ4n) is 1.59. The topological polar surface area (TPSA) is 43.4 Å². The van der Waals surface area contributed by atoms with Gasteiger partial charge in [0.2, 0.25) is 0 Å². The van der Waals surface area contributed by atoms with E-state index in [0.29, 0.717) is 6.61 Å². The molecule has 0 aromatic carbocycles. The lowest BCUT2D eigenvalue weighted by molar-refractivity contribution is 0.130. The number of nitrogens with one attached hydrogen (secondary N) is 1. The van der Waals surface area contributed by atoms with E-state index >= 15 is 0 Å². The van der Waals surface area contributed by atoms with E-state index in [9.17, 15) is 0 Å². The van der Waals surface area contributed by atoms with Crippen LogP contribution in [0, 0.1) is 6.92 Å². The first-order valence-corrected chi connectivity index (χ1v) is 6.65. The second kappa shape index (κ2) is 8.89. The summed E-state index contributed by atoms with van der Waals surface area (Å²) < 4.78 is 11.0. The average Bonchev–Trinajstić information content (AvgIpc) is 2.38. The van der Waals surface area contributed by atoms with E-state index in [1.165, 1.54) is 0 Å². The second-order valence-corrected chi connectivity index (χ2v) is 4.08. The third-order valence-electron chi connectivity index (χ3n) is 2.51. The summed E-state index contributed by atoms with van der Waals surface area (Å²) in [5.74, 6) is 0.873. The van der Waals surface area contributed by atoms with Crippen molar-refractivity contribution in [2.45, 2.75) is 33.7 Å². The van der Waals surface area contributed by atoms with Crippen LogP contribution < -0.4 is 10.1 Å². The summed E-state index contributed by atoms with van der Waals surface area (Å²) >= 11 is 0. The maximum Gasteiger partial charge on any atom is 0.142 e. The summed E-state index contributed by atoms with van der Waals surface area (Å²) in [7, 11) is 0. The molecule has 4 heteroatoms. The molecule has 0 aliphatic carbocycles. The van der Waals surface area contributed by atoms with E-state index < -0.39 is 0 Å². The Morgan fingerprint density at radius 3 is 2.78 bits per heavy atom. The molecule has 0 amide bonds. The van der Waals surface area contributed by atoms with Gasteiger partial charge in [-0.25, -0.2) is 0 Å². The first-order chi connectivity index (χ1) is 8.77. The summed E-state index contributed by atoms with van der Waals surface area (Å²) in [5.41, 5.74) is 2.00. The molecular formula is C14H24N2O2.